The molecular formula is C18H14ClN3. The number of nitrogens with zero attached hydrogens (tertiary/aromatic N) is 3. The zero-order valence-electron chi connectivity index (χ0n) is 11.9. The maximum Gasteiger partial charge on any atom is 0.113 e. The highest BCUT2D eigenvalue weighted by molar-refractivity contribution is 6.30. The molecule has 2 aromatic carbocycles. The van der Waals surface area contributed by atoms with Gasteiger partial charge in [0.15, 0.2) is 0 Å². The van der Waals surface area contributed by atoms with Gasteiger partial charge >= 0.3 is 0 Å². The number of aromatic nitrogens is 2. The molecule has 0 spiro atoms. The van der Waals surface area contributed by atoms with Crippen molar-refractivity contribution >= 4 is 11.6 Å². The minimum atomic E-state index is 0.677. The molecule has 0 radical (unpaired) electrons. The number of hydrogen-bond donors (Lipinski definition) is 0. The summed E-state index contributed by atoms with van der Waals surface area (Å²) in [6.45, 7) is 0.745. The van der Waals surface area contributed by atoms with E-state index in [9.17, 15) is 0 Å². The third-order valence-corrected chi connectivity index (χ3v) is 3.77. The van der Waals surface area contributed by atoms with Crippen molar-refractivity contribution in [2.45, 2.75) is 13.0 Å². The van der Waals surface area contributed by atoms with Gasteiger partial charge in [-0.1, -0.05) is 35.9 Å². The van der Waals surface area contributed by atoms with Crippen LogP contribution in [0.5, 0.6) is 0 Å². The zero-order valence-corrected chi connectivity index (χ0v) is 12.7. The molecule has 3 aromatic rings. The normalized spacial score (nSPS) is 10.4. The molecule has 1 heterocycles. The van der Waals surface area contributed by atoms with Crippen LogP contribution >= 0.6 is 11.6 Å². The average molecular weight is 308 g/mol. The summed E-state index contributed by atoms with van der Waals surface area (Å²) in [4.78, 5) is 4.44. The van der Waals surface area contributed by atoms with E-state index in [1.165, 1.54) is 5.56 Å². The number of rotatable bonds is 4. The third kappa shape index (κ3) is 3.36. The first kappa shape index (κ1) is 14.4. The molecule has 3 rings (SSSR count). The fourth-order valence-electron chi connectivity index (χ4n) is 2.32. The molecule has 0 aliphatic heterocycles. The lowest BCUT2D eigenvalue weighted by molar-refractivity contribution is 0.740. The summed E-state index contributed by atoms with van der Waals surface area (Å²) in [5.74, 6) is 1.01. The Morgan fingerprint density at radius 2 is 1.68 bits per heavy atom. The third-order valence-electron chi connectivity index (χ3n) is 3.51. The van der Waals surface area contributed by atoms with E-state index >= 15 is 0 Å². The van der Waals surface area contributed by atoms with Crippen LogP contribution in [0.15, 0.2) is 60.9 Å². The van der Waals surface area contributed by atoms with Gasteiger partial charge in [0, 0.05) is 30.4 Å². The van der Waals surface area contributed by atoms with E-state index in [1.807, 2.05) is 60.9 Å². The van der Waals surface area contributed by atoms with Crippen LogP contribution in [0.25, 0.3) is 0 Å². The Morgan fingerprint density at radius 3 is 2.36 bits per heavy atom. The molecule has 0 aliphatic carbocycles. The standard InChI is InChI=1S/C18H14ClN3/c19-17-7-5-14(6-8-17)11-18-21-9-10-22(18)13-16-3-1-15(12-20)2-4-16/h1-10H,11,13H2. The van der Waals surface area contributed by atoms with Gasteiger partial charge in [0.05, 0.1) is 11.6 Å². The van der Waals surface area contributed by atoms with Gasteiger partial charge in [0.1, 0.15) is 5.82 Å². The first-order chi connectivity index (χ1) is 10.7. The SMILES string of the molecule is N#Cc1ccc(Cn2ccnc2Cc2ccc(Cl)cc2)cc1. The van der Waals surface area contributed by atoms with Crippen LogP contribution in [-0.2, 0) is 13.0 Å². The van der Waals surface area contributed by atoms with Gasteiger partial charge in [0.25, 0.3) is 0 Å². The van der Waals surface area contributed by atoms with Crippen molar-refractivity contribution in [2.24, 2.45) is 0 Å². The van der Waals surface area contributed by atoms with Crippen LogP contribution in [0.3, 0.4) is 0 Å². The molecule has 0 saturated heterocycles. The minimum absolute atomic E-state index is 0.677. The topological polar surface area (TPSA) is 41.6 Å². The van der Waals surface area contributed by atoms with Gasteiger partial charge in [-0.15, -0.1) is 0 Å². The summed E-state index contributed by atoms with van der Waals surface area (Å²) in [6, 6.07) is 17.6. The van der Waals surface area contributed by atoms with Crippen LogP contribution < -0.4 is 0 Å². The lowest BCUT2D eigenvalue weighted by Gasteiger charge is -2.08. The van der Waals surface area contributed by atoms with Crippen molar-refractivity contribution in [3.63, 3.8) is 0 Å². The average Bonchev–Trinajstić information content (AvgIpc) is 2.97. The van der Waals surface area contributed by atoms with Crippen LogP contribution in [0, 0.1) is 11.3 Å². The predicted octanol–water partition coefficient (Wildman–Crippen LogP) is 4.05. The predicted molar refractivity (Wildman–Crippen MR) is 86.7 cm³/mol. The lowest BCUT2D eigenvalue weighted by atomic mass is 10.1. The maximum absolute atomic E-state index is 8.84. The smallest absolute Gasteiger partial charge is 0.113 e. The van der Waals surface area contributed by atoms with Crippen molar-refractivity contribution in [1.29, 1.82) is 5.26 Å². The van der Waals surface area contributed by atoms with Gasteiger partial charge in [-0.25, -0.2) is 4.98 Å². The monoisotopic (exact) mass is 307 g/mol. The molecular weight excluding hydrogens is 294 g/mol. The molecule has 0 unspecified atom stereocenters. The van der Waals surface area contributed by atoms with Crippen molar-refractivity contribution in [3.8, 4) is 6.07 Å². The first-order valence-corrected chi connectivity index (χ1v) is 7.36. The Hall–Kier alpha value is -2.57. The molecule has 0 saturated carbocycles. The molecule has 22 heavy (non-hydrogen) atoms. The quantitative estimate of drug-likeness (QED) is 0.729. The minimum Gasteiger partial charge on any atom is -0.330 e. The number of halogens is 1. The lowest BCUT2D eigenvalue weighted by Crippen LogP contribution is -2.05. The Morgan fingerprint density at radius 1 is 1.00 bits per heavy atom. The van der Waals surface area contributed by atoms with E-state index in [0.29, 0.717) is 5.56 Å². The van der Waals surface area contributed by atoms with Crippen molar-refractivity contribution < 1.29 is 0 Å². The molecule has 4 heteroatoms. The highest BCUT2D eigenvalue weighted by Crippen LogP contribution is 2.14. The van der Waals surface area contributed by atoms with Gasteiger partial charge in [-0.2, -0.15) is 5.26 Å². The maximum atomic E-state index is 8.84. The van der Waals surface area contributed by atoms with E-state index in [4.69, 9.17) is 16.9 Å². The second-order valence-electron chi connectivity index (χ2n) is 5.08. The summed E-state index contributed by atoms with van der Waals surface area (Å²) < 4.78 is 2.12. The molecule has 0 atom stereocenters. The molecule has 108 valence electrons. The van der Waals surface area contributed by atoms with E-state index in [1.54, 1.807) is 0 Å². The van der Waals surface area contributed by atoms with Crippen LogP contribution in [0.1, 0.15) is 22.5 Å². The largest absolute Gasteiger partial charge is 0.330 e. The van der Waals surface area contributed by atoms with E-state index in [0.717, 1.165) is 29.4 Å². The van der Waals surface area contributed by atoms with Crippen molar-refractivity contribution in [1.82, 2.24) is 9.55 Å². The fraction of sp³-hybridized carbons (Fsp3) is 0.111. The molecule has 1 aromatic heterocycles. The van der Waals surface area contributed by atoms with Gasteiger partial charge in [-0.05, 0) is 35.4 Å². The Labute approximate surface area is 134 Å². The zero-order chi connectivity index (χ0) is 15.4. The Bertz CT molecular complexity index is 796. The number of imidazole rings is 1. The molecule has 3 nitrogen and oxygen atoms in total. The molecule has 0 aliphatic rings. The second kappa shape index (κ2) is 6.46. The van der Waals surface area contributed by atoms with Crippen molar-refractivity contribution in [2.75, 3.05) is 0 Å². The summed E-state index contributed by atoms with van der Waals surface area (Å²) in [6.07, 6.45) is 4.55. The second-order valence-corrected chi connectivity index (χ2v) is 5.52. The molecule has 0 bridgehead atoms. The van der Waals surface area contributed by atoms with Crippen molar-refractivity contribution in [3.05, 3.63) is 88.5 Å². The van der Waals surface area contributed by atoms with Crippen LogP contribution in [-0.4, -0.2) is 9.55 Å². The summed E-state index contributed by atoms with van der Waals surface area (Å²) in [7, 11) is 0. The fourth-order valence-corrected chi connectivity index (χ4v) is 2.44. The van der Waals surface area contributed by atoms with Crippen LogP contribution in [0.2, 0.25) is 5.02 Å². The summed E-state index contributed by atoms with van der Waals surface area (Å²) >= 11 is 5.91. The van der Waals surface area contributed by atoms with E-state index in [-0.39, 0.29) is 0 Å². The van der Waals surface area contributed by atoms with Gasteiger partial charge < -0.3 is 4.57 Å². The number of benzene rings is 2. The van der Waals surface area contributed by atoms with Crippen LogP contribution in [0.4, 0.5) is 0 Å². The van der Waals surface area contributed by atoms with E-state index in [2.05, 4.69) is 15.6 Å². The summed E-state index contributed by atoms with van der Waals surface area (Å²) in [5, 5.41) is 9.58. The number of hydrogen-bond acceptors (Lipinski definition) is 2. The first-order valence-electron chi connectivity index (χ1n) is 6.98. The summed E-state index contributed by atoms with van der Waals surface area (Å²) in [5.41, 5.74) is 3.00. The Kier molecular flexibility index (Phi) is 4.22. The Balaban J connectivity index is 1.76. The number of nitriles is 1. The highest BCUT2D eigenvalue weighted by Gasteiger charge is 2.05. The highest BCUT2D eigenvalue weighted by atomic mass is 35.5. The molecule has 0 fully saturated rings. The van der Waals surface area contributed by atoms with E-state index < -0.39 is 0 Å². The molecule has 0 amide bonds. The van der Waals surface area contributed by atoms with Gasteiger partial charge in [-0.3, -0.25) is 0 Å². The molecule has 0 N–H and O–H groups in total. The van der Waals surface area contributed by atoms with Gasteiger partial charge in [0.2, 0.25) is 0 Å².